The number of likely N-dealkylation sites (N-methyl/N-ethyl adjacent to an activating group) is 1. The lowest BCUT2D eigenvalue weighted by Crippen LogP contribution is -2.48. The second kappa shape index (κ2) is 4.97. The monoisotopic (exact) mass is 277 g/mol. The minimum absolute atomic E-state index is 0.120. The number of H-pyrrole nitrogens is 1. The zero-order chi connectivity index (χ0) is 14.1. The number of amides is 1. The summed E-state index contributed by atoms with van der Waals surface area (Å²) < 4.78 is 5.27. The van der Waals surface area contributed by atoms with E-state index in [4.69, 9.17) is 4.74 Å². The highest BCUT2D eigenvalue weighted by Gasteiger charge is 2.23. The van der Waals surface area contributed by atoms with E-state index in [1.54, 1.807) is 4.90 Å². The van der Waals surface area contributed by atoms with Gasteiger partial charge in [0, 0.05) is 38.6 Å². The predicted octanol–water partition coefficient (Wildman–Crippen LogP) is 0.410. The van der Waals surface area contributed by atoms with Gasteiger partial charge in [0.1, 0.15) is 0 Å². The molecule has 2 N–H and O–H groups in total. The lowest BCUT2D eigenvalue weighted by Gasteiger charge is -2.31. The van der Waals surface area contributed by atoms with Crippen LogP contribution in [0, 0.1) is 0 Å². The fraction of sp³-hybridized carbons (Fsp3) is 0.417. The first-order chi connectivity index (χ1) is 9.65. The molecule has 2 aromatic heterocycles. The van der Waals surface area contributed by atoms with Gasteiger partial charge in [-0.1, -0.05) is 0 Å². The Hall–Kier alpha value is -2.35. The molecule has 8 heteroatoms. The molecule has 1 fully saturated rings. The number of aromatic hydroxyl groups is 1. The first-order valence-electron chi connectivity index (χ1n) is 6.32. The van der Waals surface area contributed by atoms with Crippen molar-refractivity contribution in [3.63, 3.8) is 0 Å². The SMILES string of the molecule is CN1CCN(C(=O)Oc2[nH]c(O)c3nccnc23)CC1. The molecule has 3 rings (SSSR count). The van der Waals surface area contributed by atoms with Gasteiger partial charge in [-0.15, -0.1) is 0 Å². The van der Waals surface area contributed by atoms with Crippen LogP contribution in [0.3, 0.4) is 0 Å². The molecule has 0 bridgehead atoms. The van der Waals surface area contributed by atoms with Crippen molar-refractivity contribution in [3.05, 3.63) is 12.4 Å². The minimum atomic E-state index is -0.452. The highest BCUT2D eigenvalue weighted by atomic mass is 16.6. The van der Waals surface area contributed by atoms with Gasteiger partial charge < -0.3 is 19.6 Å². The molecule has 3 heterocycles. The summed E-state index contributed by atoms with van der Waals surface area (Å²) in [5, 5.41) is 9.68. The summed E-state index contributed by atoms with van der Waals surface area (Å²) in [5.41, 5.74) is 0.626. The van der Waals surface area contributed by atoms with Crippen LogP contribution < -0.4 is 4.74 Å². The third kappa shape index (κ3) is 2.25. The Kier molecular flexibility index (Phi) is 3.15. The van der Waals surface area contributed by atoms with Crippen molar-refractivity contribution in [2.24, 2.45) is 0 Å². The van der Waals surface area contributed by atoms with Gasteiger partial charge in [-0.2, -0.15) is 0 Å². The van der Waals surface area contributed by atoms with E-state index in [0.717, 1.165) is 13.1 Å². The second-order valence-electron chi connectivity index (χ2n) is 4.71. The van der Waals surface area contributed by atoms with Crippen LogP contribution in [0.15, 0.2) is 12.4 Å². The molecule has 0 aliphatic carbocycles. The van der Waals surface area contributed by atoms with Crippen molar-refractivity contribution in [3.8, 4) is 11.8 Å². The van der Waals surface area contributed by atoms with Gasteiger partial charge in [0.2, 0.25) is 11.8 Å². The zero-order valence-corrected chi connectivity index (χ0v) is 11.0. The van der Waals surface area contributed by atoms with E-state index in [9.17, 15) is 9.90 Å². The Labute approximate surface area is 115 Å². The van der Waals surface area contributed by atoms with Gasteiger partial charge in [-0.05, 0) is 7.05 Å². The van der Waals surface area contributed by atoms with Crippen LogP contribution in [0.4, 0.5) is 4.79 Å². The van der Waals surface area contributed by atoms with E-state index in [1.807, 2.05) is 7.05 Å². The summed E-state index contributed by atoms with van der Waals surface area (Å²) in [4.78, 5) is 26.4. The number of hydrogen-bond acceptors (Lipinski definition) is 6. The number of hydrogen-bond donors (Lipinski definition) is 2. The smallest absolute Gasteiger partial charge is 0.416 e. The number of fused-ring (bicyclic) bond motifs is 1. The third-order valence-electron chi connectivity index (χ3n) is 3.32. The Morgan fingerprint density at radius 3 is 2.60 bits per heavy atom. The number of nitrogens with one attached hydrogen (secondary N) is 1. The van der Waals surface area contributed by atoms with Crippen molar-refractivity contribution in [2.75, 3.05) is 33.2 Å². The first kappa shape index (κ1) is 12.7. The maximum Gasteiger partial charge on any atom is 0.416 e. The van der Waals surface area contributed by atoms with Crippen LogP contribution in [0.2, 0.25) is 0 Å². The van der Waals surface area contributed by atoms with E-state index < -0.39 is 6.09 Å². The highest BCUT2D eigenvalue weighted by Crippen LogP contribution is 2.29. The van der Waals surface area contributed by atoms with Crippen molar-refractivity contribution >= 4 is 17.1 Å². The predicted molar refractivity (Wildman–Crippen MR) is 70.6 cm³/mol. The summed E-state index contributed by atoms with van der Waals surface area (Å²) in [6.45, 7) is 2.86. The van der Waals surface area contributed by atoms with Crippen molar-refractivity contribution in [2.45, 2.75) is 0 Å². The summed E-state index contributed by atoms with van der Waals surface area (Å²) in [6, 6.07) is 0. The molecule has 1 aliphatic heterocycles. The molecule has 0 unspecified atom stereocenters. The van der Waals surface area contributed by atoms with E-state index >= 15 is 0 Å². The van der Waals surface area contributed by atoms with Gasteiger partial charge >= 0.3 is 6.09 Å². The van der Waals surface area contributed by atoms with Crippen LogP contribution in [-0.2, 0) is 0 Å². The fourth-order valence-corrected chi connectivity index (χ4v) is 2.12. The number of ether oxygens (including phenoxy) is 1. The summed E-state index contributed by atoms with van der Waals surface area (Å²) >= 11 is 0. The van der Waals surface area contributed by atoms with Crippen LogP contribution in [0.1, 0.15) is 0 Å². The van der Waals surface area contributed by atoms with Gasteiger partial charge in [0.25, 0.3) is 0 Å². The van der Waals surface area contributed by atoms with Gasteiger partial charge in [0.15, 0.2) is 11.0 Å². The lowest BCUT2D eigenvalue weighted by molar-refractivity contribution is 0.119. The molecule has 0 aromatic carbocycles. The molecule has 0 atom stereocenters. The molecule has 20 heavy (non-hydrogen) atoms. The van der Waals surface area contributed by atoms with E-state index in [2.05, 4.69) is 19.9 Å². The molecular formula is C12H15N5O3. The van der Waals surface area contributed by atoms with Gasteiger partial charge in [-0.3, -0.25) is 4.98 Å². The molecule has 106 valence electrons. The van der Waals surface area contributed by atoms with E-state index in [-0.39, 0.29) is 17.3 Å². The number of rotatable bonds is 1. The van der Waals surface area contributed by atoms with Crippen molar-refractivity contribution in [1.82, 2.24) is 24.8 Å². The fourth-order valence-electron chi connectivity index (χ4n) is 2.12. The Morgan fingerprint density at radius 1 is 1.25 bits per heavy atom. The lowest BCUT2D eigenvalue weighted by atomic mass is 10.3. The molecule has 8 nitrogen and oxygen atoms in total. The number of aromatic amines is 1. The van der Waals surface area contributed by atoms with Crippen molar-refractivity contribution in [1.29, 1.82) is 0 Å². The maximum atomic E-state index is 12.1. The molecule has 0 spiro atoms. The Morgan fingerprint density at radius 2 is 1.90 bits per heavy atom. The second-order valence-corrected chi connectivity index (χ2v) is 4.71. The quantitative estimate of drug-likeness (QED) is 0.784. The molecule has 1 amide bonds. The average Bonchev–Trinajstić information content (AvgIpc) is 2.77. The standard InChI is InChI=1S/C12H15N5O3/c1-16-4-6-17(7-5-16)12(19)20-11-9-8(10(18)15-11)13-2-3-14-9/h2-3,15,18H,4-7H2,1H3. The molecule has 2 aromatic rings. The van der Waals surface area contributed by atoms with Crippen molar-refractivity contribution < 1.29 is 14.6 Å². The zero-order valence-electron chi connectivity index (χ0n) is 11.0. The molecule has 1 saturated heterocycles. The van der Waals surface area contributed by atoms with Gasteiger partial charge in [0.05, 0.1) is 0 Å². The first-order valence-corrected chi connectivity index (χ1v) is 6.32. The minimum Gasteiger partial charge on any atom is -0.493 e. The molecular weight excluding hydrogens is 262 g/mol. The average molecular weight is 277 g/mol. The van der Waals surface area contributed by atoms with E-state index in [0.29, 0.717) is 18.6 Å². The van der Waals surface area contributed by atoms with Gasteiger partial charge in [-0.25, -0.2) is 14.8 Å². The maximum absolute atomic E-state index is 12.1. The number of nitrogens with zero attached hydrogens (tertiary/aromatic N) is 4. The number of carbonyl (C=O) groups is 1. The molecule has 0 saturated carbocycles. The Balaban J connectivity index is 1.78. The molecule has 1 aliphatic rings. The summed E-state index contributed by atoms with van der Waals surface area (Å²) in [6.07, 6.45) is 2.48. The van der Waals surface area contributed by atoms with E-state index in [1.165, 1.54) is 12.4 Å². The number of piperazine rings is 1. The Bertz CT molecular complexity index is 633. The number of carbonyl (C=O) groups excluding carboxylic acids is 1. The normalized spacial score (nSPS) is 16.6. The number of aromatic nitrogens is 3. The van der Waals surface area contributed by atoms with Crippen LogP contribution >= 0.6 is 0 Å². The van der Waals surface area contributed by atoms with Crippen LogP contribution in [0.25, 0.3) is 11.0 Å². The topological polar surface area (TPSA) is 94.6 Å². The highest BCUT2D eigenvalue weighted by molar-refractivity contribution is 5.87. The summed E-state index contributed by atoms with van der Waals surface area (Å²) in [7, 11) is 2.01. The van der Waals surface area contributed by atoms with Crippen LogP contribution in [0.5, 0.6) is 11.8 Å². The van der Waals surface area contributed by atoms with Crippen LogP contribution in [-0.4, -0.2) is 69.2 Å². The summed E-state index contributed by atoms with van der Waals surface area (Å²) in [5.74, 6) is -0.0381. The molecule has 0 radical (unpaired) electrons. The largest absolute Gasteiger partial charge is 0.493 e. The third-order valence-corrected chi connectivity index (χ3v) is 3.32.